The maximum atomic E-state index is 5.56. The Kier molecular flexibility index (Phi) is 7.77. The average molecular weight is 350 g/mol. The highest BCUT2D eigenvalue weighted by Gasteiger charge is 2.08. The van der Waals surface area contributed by atoms with Crippen molar-refractivity contribution in [3.8, 4) is 10.8 Å². The Labute approximate surface area is 147 Å². The van der Waals surface area contributed by atoms with E-state index in [-0.39, 0.29) is 0 Å². The third kappa shape index (κ3) is 6.33. The standard InChI is InChI=1S/C17H26N4O2S/c1-13(2)11-22-8-5-7-19-17(18-3)20-10-14-12-23-16(21-14)15-6-4-9-24-15/h4,6,9,12-13H,5,7-8,10-11H2,1-3H3,(H2,18,19,20). The van der Waals surface area contributed by atoms with Crippen molar-refractivity contribution in [2.45, 2.75) is 26.8 Å². The third-order valence-corrected chi connectivity index (χ3v) is 4.01. The molecule has 0 radical (unpaired) electrons. The lowest BCUT2D eigenvalue weighted by Gasteiger charge is -2.11. The highest BCUT2D eigenvalue weighted by Crippen LogP contribution is 2.23. The molecule has 2 aromatic heterocycles. The Balaban J connectivity index is 1.66. The molecule has 0 aliphatic carbocycles. The monoisotopic (exact) mass is 350 g/mol. The Hall–Kier alpha value is -1.86. The molecule has 2 N–H and O–H groups in total. The molecule has 2 aromatic rings. The number of nitrogens with one attached hydrogen (secondary N) is 2. The molecule has 0 amide bonds. The van der Waals surface area contributed by atoms with E-state index < -0.39 is 0 Å². The number of aromatic nitrogens is 1. The number of oxazole rings is 1. The van der Waals surface area contributed by atoms with Gasteiger partial charge in [0.2, 0.25) is 5.89 Å². The summed E-state index contributed by atoms with van der Waals surface area (Å²) in [6.07, 6.45) is 2.62. The lowest BCUT2D eigenvalue weighted by Crippen LogP contribution is -2.37. The van der Waals surface area contributed by atoms with Crippen molar-refractivity contribution in [3.05, 3.63) is 29.5 Å². The number of ether oxygens (including phenoxy) is 1. The summed E-state index contributed by atoms with van der Waals surface area (Å²) in [7, 11) is 1.75. The van der Waals surface area contributed by atoms with E-state index in [0.29, 0.717) is 18.4 Å². The van der Waals surface area contributed by atoms with Crippen LogP contribution in [-0.4, -0.2) is 37.7 Å². The third-order valence-electron chi connectivity index (χ3n) is 3.15. The minimum absolute atomic E-state index is 0.568. The van der Waals surface area contributed by atoms with Gasteiger partial charge in [-0.15, -0.1) is 11.3 Å². The SMILES string of the molecule is CN=C(NCCCOCC(C)C)NCc1coc(-c2cccs2)n1. The molecule has 24 heavy (non-hydrogen) atoms. The van der Waals surface area contributed by atoms with Gasteiger partial charge in [0.15, 0.2) is 5.96 Å². The summed E-state index contributed by atoms with van der Waals surface area (Å²) in [4.78, 5) is 9.71. The van der Waals surface area contributed by atoms with Crippen LogP contribution in [0.25, 0.3) is 10.8 Å². The van der Waals surface area contributed by atoms with Gasteiger partial charge in [-0.1, -0.05) is 19.9 Å². The molecule has 0 aliphatic rings. The van der Waals surface area contributed by atoms with Crippen LogP contribution in [0.4, 0.5) is 0 Å². The van der Waals surface area contributed by atoms with Crippen LogP contribution in [0.3, 0.4) is 0 Å². The lowest BCUT2D eigenvalue weighted by molar-refractivity contribution is 0.108. The van der Waals surface area contributed by atoms with E-state index in [1.165, 1.54) is 0 Å². The Morgan fingerprint density at radius 3 is 3.00 bits per heavy atom. The number of thiophene rings is 1. The average Bonchev–Trinajstić information content (AvgIpc) is 3.24. The first-order chi connectivity index (χ1) is 11.7. The first-order valence-corrected chi connectivity index (χ1v) is 9.07. The van der Waals surface area contributed by atoms with Crippen LogP contribution in [0, 0.1) is 5.92 Å². The first kappa shape index (κ1) is 18.5. The van der Waals surface area contributed by atoms with Crippen LogP contribution in [0.1, 0.15) is 26.0 Å². The van der Waals surface area contributed by atoms with E-state index in [0.717, 1.165) is 42.7 Å². The summed E-state index contributed by atoms with van der Waals surface area (Å²) in [5.41, 5.74) is 0.849. The molecule has 2 heterocycles. The highest BCUT2D eigenvalue weighted by atomic mass is 32.1. The second-order valence-electron chi connectivity index (χ2n) is 5.80. The van der Waals surface area contributed by atoms with E-state index in [1.807, 2.05) is 17.5 Å². The minimum atomic E-state index is 0.568. The fraction of sp³-hybridized carbons (Fsp3) is 0.529. The van der Waals surface area contributed by atoms with Crippen LogP contribution < -0.4 is 10.6 Å². The van der Waals surface area contributed by atoms with Crippen LogP contribution in [0.15, 0.2) is 33.2 Å². The smallest absolute Gasteiger partial charge is 0.236 e. The molecular formula is C17H26N4O2S. The normalized spacial score (nSPS) is 11.9. The van der Waals surface area contributed by atoms with E-state index >= 15 is 0 Å². The van der Waals surface area contributed by atoms with Gasteiger partial charge < -0.3 is 19.8 Å². The summed E-state index contributed by atoms with van der Waals surface area (Å²) >= 11 is 1.61. The maximum Gasteiger partial charge on any atom is 0.236 e. The summed E-state index contributed by atoms with van der Waals surface area (Å²) in [6.45, 7) is 7.26. The second kappa shape index (κ2) is 10.1. The molecule has 0 fully saturated rings. The van der Waals surface area contributed by atoms with Gasteiger partial charge in [-0.25, -0.2) is 4.98 Å². The number of guanidine groups is 1. The van der Waals surface area contributed by atoms with Crippen molar-refractivity contribution in [3.63, 3.8) is 0 Å². The van der Waals surface area contributed by atoms with Gasteiger partial charge >= 0.3 is 0 Å². The quantitative estimate of drug-likeness (QED) is 0.413. The molecule has 0 saturated carbocycles. The minimum Gasteiger partial charge on any atom is -0.443 e. The van der Waals surface area contributed by atoms with Gasteiger partial charge in [-0.05, 0) is 23.8 Å². The predicted molar refractivity (Wildman–Crippen MR) is 98.3 cm³/mol. The van der Waals surface area contributed by atoms with Crippen molar-refractivity contribution < 1.29 is 9.15 Å². The largest absolute Gasteiger partial charge is 0.443 e. The Bertz CT molecular complexity index is 608. The van der Waals surface area contributed by atoms with Gasteiger partial charge in [0.25, 0.3) is 0 Å². The molecular weight excluding hydrogens is 324 g/mol. The van der Waals surface area contributed by atoms with Crippen molar-refractivity contribution in [1.29, 1.82) is 0 Å². The Morgan fingerprint density at radius 2 is 2.29 bits per heavy atom. The van der Waals surface area contributed by atoms with E-state index in [4.69, 9.17) is 9.15 Å². The molecule has 0 bridgehead atoms. The van der Waals surface area contributed by atoms with Crippen molar-refractivity contribution in [1.82, 2.24) is 15.6 Å². The number of hydrogen-bond donors (Lipinski definition) is 2. The molecule has 0 unspecified atom stereocenters. The summed E-state index contributed by atoms with van der Waals surface area (Å²) in [5, 5.41) is 8.51. The number of rotatable bonds is 9. The predicted octanol–water partition coefficient (Wildman–Crippen LogP) is 3.13. The zero-order valence-electron chi connectivity index (χ0n) is 14.5. The molecule has 132 valence electrons. The first-order valence-electron chi connectivity index (χ1n) is 8.19. The number of hydrogen-bond acceptors (Lipinski definition) is 5. The zero-order valence-corrected chi connectivity index (χ0v) is 15.4. The maximum absolute atomic E-state index is 5.56. The van der Waals surface area contributed by atoms with E-state index in [2.05, 4.69) is 34.5 Å². The molecule has 7 heteroatoms. The van der Waals surface area contributed by atoms with Gasteiger partial charge in [-0.3, -0.25) is 4.99 Å². The topological polar surface area (TPSA) is 71.7 Å². The fourth-order valence-corrected chi connectivity index (χ4v) is 2.65. The van der Waals surface area contributed by atoms with Crippen LogP contribution >= 0.6 is 11.3 Å². The lowest BCUT2D eigenvalue weighted by atomic mass is 10.2. The summed E-state index contributed by atoms with van der Waals surface area (Å²) in [5.74, 6) is 1.99. The van der Waals surface area contributed by atoms with E-state index in [9.17, 15) is 0 Å². The summed E-state index contributed by atoms with van der Waals surface area (Å²) in [6, 6.07) is 3.98. The highest BCUT2D eigenvalue weighted by molar-refractivity contribution is 7.13. The van der Waals surface area contributed by atoms with Gasteiger partial charge in [0.1, 0.15) is 6.26 Å². The molecule has 6 nitrogen and oxygen atoms in total. The molecule has 2 rings (SSSR count). The van der Waals surface area contributed by atoms with Crippen LogP contribution in [0.5, 0.6) is 0 Å². The summed E-state index contributed by atoms with van der Waals surface area (Å²) < 4.78 is 11.1. The van der Waals surface area contributed by atoms with Crippen LogP contribution in [0.2, 0.25) is 0 Å². The molecule has 0 aromatic carbocycles. The van der Waals surface area contributed by atoms with Gasteiger partial charge in [-0.2, -0.15) is 0 Å². The molecule has 0 atom stereocenters. The van der Waals surface area contributed by atoms with Crippen molar-refractivity contribution >= 4 is 17.3 Å². The molecule has 0 saturated heterocycles. The zero-order chi connectivity index (χ0) is 17.2. The molecule has 0 spiro atoms. The van der Waals surface area contributed by atoms with Gasteiger partial charge in [0, 0.05) is 26.8 Å². The number of nitrogens with zero attached hydrogens (tertiary/aromatic N) is 2. The van der Waals surface area contributed by atoms with Crippen molar-refractivity contribution in [2.24, 2.45) is 10.9 Å². The Morgan fingerprint density at radius 1 is 1.42 bits per heavy atom. The fourth-order valence-electron chi connectivity index (χ4n) is 2.00. The molecule has 0 aliphatic heterocycles. The second-order valence-corrected chi connectivity index (χ2v) is 6.74. The van der Waals surface area contributed by atoms with Crippen LogP contribution in [-0.2, 0) is 11.3 Å². The van der Waals surface area contributed by atoms with Gasteiger partial charge in [0.05, 0.1) is 17.1 Å². The van der Waals surface area contributed by atoms with E-state index in [1.54, 1.807) is 24.6 Å². The van der Waals surface area contributed by atoms with Crippen molar-refractivity contribution in [2.75, 3.05) is 26.8 Å². The number of aliphatic imine (C=N–C) groups is 1.